The summed E-state index contributed by atoms with van der Waals surface area (Å²) in [4.78, 5) is 16.5. The highest BCUT2D eigenvalue weighted by atomic mass is 16.3. The van der Waals surface area contributed by atoms with Gasteiger partial charge >= 0.3 is 0 Å². The number of hydrogen-bond acceptors (Lipinski definition) is 3. The number of carbonyl (C=O) groups excluding carboxylic acids is 1. The van der Waals surface area contributed by atoms with Gasteiger partial charge in [-0.05, 0) is 51.4 Å². The van der Waals surface area contributed by atoms with Crippen molar-refractivity contribution in [3.05, 3.63) is 0 Å². The van der Waals surface area contributed by atoms with E-state index in [-0.39, 0.29) is 5.91 Å². The van der Waals surface area contributed by atoms with E-state index in [2.05, 4.69) is 11.8 Å². The van der Waals surface area contributed by atoms with E-state index < -0.39 is 5.60 Å². The molecule has 0 atom stereocenters. The fourth-order valence-electron chi connectivity index (χ4n) is 3.33. The maximum absolute atomic E-state index is 12.4. The van der Waals surface area contributed by atoms with Crippen LogP contribution in [0.15, 0.2) is 0 Å². The molecule has 4 heteroatoms. The van der Waals surface area contributed by atoms with Crippen molar-refractivity contribution >= 4 is 5.91 Å². The van der Waals surface area contributed by atoms with Gasteiger partial charge in [0, 0.05) is 26.2 Å². The lowest BCUT2D eigenvalue weighted by atomic mass is 9.87. The van der Waals surface area contributed by atoms with Gasteiger partial charge in [0.25, 0.3) is 0 Å². The first-order valence-corrected chi connectivity index (χ1v) is 8.08. The zero-order valence-electron chi connectivity index (χ0n) is 13.3. The molecule has 0 unspecified atom stereocenters. The van der Waals surface area contributed by atoms with Crippen molar-refractivity contribution in [2.45, 2.75) is 64.0 Å². The highest BCUT2D eigenvalue weighted by molar-refractivity contribution is 5.78. The molecule has 1 amide bonds. The molecule has 1 saturated carbocycles. The molecule has 0 bridgehead atoms. The van der Waals surface area contributed by atoms with Gasteiger partial charge in [0.2, 0.25) is 5.91 Å². The fraction of sp³-hybridized carbons (Fsp3) is 0.938. The number of amides is 1. The van der Waals surface area contributed by atoms with Crippen LogP contribution in [0.2, 0.25) is 0 Å². The van der Waals surface area contributed by atoms with Gasteiger partial charge in [0.1, 0.15) is 0 Å². The first-order chi connectivity index (χ1) is 9.37. The lowest BCUT2D eigenvalue weighted by molar-refractivity contribution is -0.135. The Morgan fingerprint density at radius 1 is 1.25 bits per heavy atom. The molecule has 4 nitrogen and oxygen atoms in total. The molecule has 1 N–H and O–H groups in total. The number of carbonyl (C=O) groups is 1. The minimum Gasteiger partial charge on any atom is -0.390 e. The van der Waals surface area contributed by atoms with Crippen LogP contribution in [0, 0.1) is 5.92 Å². The van der Waals surface area contributed by atoms with E-state index in [1.165, 1.54) is 12.8 Å². The quantitative estimate of drug-likeness (QED) is 0.859. The summed E-state index contributed by atoms with van der Waals surface area (Å²) in [6, 6.07) is 0.437. The monoisotopic (exact) mass is 282 g/mol. The highest BCUT2D eigenvalue weighted by Gasteiger charge is 2.30. The maximum Gasteiger partial charge on any atom is 0.236 e. The van der Waals surface area contributed by atoms with E-state index in [1.807, 2.05) is 18.9 Å². The average molecular weight is 282 g/mol. The number of nitrogens with zero attached hydrogens (tertiary/aromatic N) is 2. The fourth-order valence-corrected chi connectivity index (χ4v) is 3.33. The summed E-state index contributed by atoms with van der Waals surface area (Å²) in [5, 5.41) is 9.94. The molecule has 0 spiro atoms. The number of hydrogen-bond donors (Lipinski definition) is 1. The molecule has 0 aromatic heterocycles. The molecule has 1 saturated heterocycles. The molecule has 1 heterocycles. The number of likely N-dealkylation sites (N-methyl/N-ethyl adjacent to an activating group) is 1. The van der Waals surface area contributed by atoms with Crippen LogP contribution in [0.25, 0.3) is 0 Å². The lowest BCUT2D eigenvalue weighted by Gasteiger charge is -2.38. The van der Waals surface area contributed by atoms with Gasteiger partial charge < -0.3 is 10.0 Å². The van der Waals surface area contributed by atoms with Gasteiger partial charge in [-0.3, -0.25) is 9.69 Å². The summed E-state index contributed by atoms with van der Waals surface area (Å²) < 4.78 is 0. The first-order valence-electron chi connectivity index (χ1n) is 8.08. The van der Waals surface area contributed by atoms with Crippen LogP contribution in [0.5, 0.6) is 0 Å². The second kappa shape index (κ2) is 6.44. The predicted octanol–water partition coefficient (Wildman–Crippen LogP) is 1.87. The summed E-state index contributed by atoms with van der Waals surface area (Å²) in [5.41, 5.74) is -0.537. The summed E-state index contributed by atoms with van der Waals surface area (Å²) in [6.45, 7) is 6.36. The molecule has 1 aliphatic heterocycles. The van der Waals surface area contributed by atoms with Crippen molar-refractivity contribution in [1.29, 1.82) is 0 Å². The summed E-state index contributed by atoms with van der Waals surface area (Å²) in [6.07, 6.45) is 6.33. The van der Waals surface area contributed by atoms with Crippen molar-refractivity contribution in [3.8, 4) is 0 Å². The molecule has 116 valence electrons. The van der Waals surface area contributed by atoms with Gasteiger partial charge in [-0.1, -0.05) is 6.92 Å². The molecule has 2 aliphatic rings. The molecule has 20 heavy (non-hydrogen) atoms. The summed E-state index contributed by atoms with van der Waals surface area (Å²) in [7, 11) is 1.96. The first kappa shape index (κ1) is 15.8. The van der Waals surface area contributed by atoms with Gasteiger partial charge in [0.05, 0.1) is 12.1 Å². The Bertz CT molecular complexity index is 325. The third-order valence-corrected chi connectivity index (χ3v) is 5.22. The van der Waals surface area contributed by atoms with Crippen molar-refractivity contribution in [2.75, 3.05) is 26.7 Å². The van der Waals surface area contributed by atoms with Crippen LogP contribution in [0.4, 0.5) is 0 Å². The van der Waals surface area contributed by atoms with Crippen LogP contribution in [0.3, 0.4) is 0 Å². The predicted molar refractivity (Wildman–Crippen MR) is 80.5 cm³/mol. The molecule has 2 fully saturated rings. The third-order valence-electron chi connectivity index (χ3n) is 5.22. The molecule has 2 rings (SSSR count). The number of aliphatic hydroxyl groups is 1. The Morgan fingerprint density at radius 2 is 1.80 bits per heavy atom. The largest absolute Gasteiger partial charge is 0.390 e. The topological polar surface area (TPSA) is 43.8 Å². The Labute approximate surface area is 123 Å². The second-order valence-corrected chi connectivity index (χ2v) is 7.19. The zero-order chi connectivity index (χ0) is 14.8. The zero-order valence-corrected chi connectivity index (χ0v) is 13.3. The smallest absolute Gasteiger partial charge is 0.236 e. The molecule has 0 radical (unpaired) electrons. The molecular formula is C16H30N2O2. The summed E-state index contributed by atoms with van der Waals surface area (Å²) >= 11 is 0. The Kier molecular flexibility index (Phi) is 5.08. The van der Waals surface area contributed by atoms with Gasteiger partial charge in [-0.2, -0.15) is 0 Å². The van der Waals surface area contributed by atoms with E-state index in [0.717, 1.165) is 44.7 Å². The highest BCUT2D eigenvalue weighted by Crippen LogP contribution is 2.27. The summed E-state index contributed by atoms with van der Waals surface area (Å²) in [5.74, 6) is 1.06. The van der Waals surface area contributed by atoms with Crippen molar-refractivity contribution < 1.29 is 9.90 Å². The van der Waals surface area contributed by atoms with Crippen LogP contribution in [0.1, 0.15) is 52.4 Å². The second-order valence-electron chi connectivity index (χ2n) is 7.19. The van der Waals surface area contributed by atoms with E-state index in [1.54, 1.807) is 0 Å². The Morgan fingerprint density at radius 3 is 2.35 bits per heavy atom. The lowest BCUT2D eigenvalue weighted by Crippen LogP contribution is -2.48. The minimum atomic E-state index is -0.537. The van der Waals surface area contributed by atoms with E-state index >= 15 is 0 Å². The van der Waals surface area contributed by atoms with E-state index in [4.69, 9.17) is 0 Å². The number of likely N-dealkylation sites (tertiary alicyclic amines) is 1. The minimum absolute atomic E-state index is 0.242. The van der Waals surface area contributed by atoms with Crippen molar-refractivity contribution in [3.63, 3.8) is 0 Å². The number of rotatable bonds is 3. The Hall–Kier alpha value is -0.610. The van der Waals surface area contributed by atoms with Crippen molar-refractivity contribution in [2.24, 2.45) is 5.92 Å². The van der Waals surface area contributed by atoms with Crippen LogP contribution >= 0.6 is 0 Å². The van der Waals surface area contributed by atoms with E-state index in [0.29, 0.717) is 12.6 Å². The van der Waals surface area contributed by atoms with Crippen molar-refractivity contribution in [1.82, 2.24) is 9.80 Å². The molecule has 0 aromatic rings. The van der Waals surface area contributed by atoms with Crippen LogP contribution in [-0.2, 0) is 4.79 Å². The normalized spacial score (nSPS) is 31.0. The van der Waals surface area contributed by atoms with E-state index in [9.17, 15) is 9.90 Å². The molecule has 0 aromatic carbocycles. The van der Waals surface area contributed by atoms with Gasteiger partial charge in [-0.15, -0.1) is 0 Å². The SMILES string of the molecule is CC1CCC(N(C)C(=O)CN2CCC(C)(O)CC2)CC1. The maximum atomic E-state index is 12.4. The van der Waals surface area contributed by atoms with Crippen LogP contribution in [-0.4, -0.2) is 59.1 Å². The average Bonchev–Trinajstić information content (AvgIpc) is 2.41. The van der Waals surface area contributed by atoms with Gasteiger partial charge in [0.15, 0.2) is 0 Å². The third kappa shape index (κ3) is 4.19. The molecular weight excluding hydrogens is 252 g/mol. The number of piperidine rings is 1. The Balaban J connectivity index is 1.77. The molecule has 1 aliphatic carbocycles. The standard InChI is InChI=1S/C16H30N2O2/c1-13-4-6-14(7-5-13)17(3)15(19)12-18-10-8-16(2,20)9-11-18/h13-14,20H,4-12H2,1-3H3. The van der Waals surface area contributed by atoms with Gasteiger partial charge in [-0.25, -0.2) is 0 Å². The van der Waals surface area contributed by atoms with Crippen LogP contribution < -0.4 is 0 Å².